The number of piperidine rings is 1. The summed E-state index contributed by atoms with van der Waals surface area (Å²) in [6.07, 6.45) is 2.73. The van der Waals surface area contributed by atoms with Crippen LogP contribution in [0.3, 0.4) is 0 Å². The maximum Gasteiger partial charge on any atom is 0.269 e. The largest absolute Gasteiger partial charge is 0.495 e. The van der Waals surface area contributed by atoms with Crippen LogP contribution in [-0.4, -0.2) is 49.0 Å². The maximum absolute atomic E-state index is 13.3. The number of carbonyl (C=O) groups excluding carboxylic acids is 1. The lowest BCUT2D eigenvalue weighted by Gasteiger charge is -2.26. The Morgan fingerprint density at radius 1 is 1.09 bits per heavy atom. The number of hydrogen-bond acceptors (Lipinski definition) is 5. The number of aromatic nitrogens is 2. The maximum atomic E-state index is 13.3. The average molecular weight is 469 g/mol. The minimum absolute atomic E-state index is 0.108. The number of carbonyl (C=O) groups is 1. The molecule has 0 radical (unpaired) electrons. The summed E-state index contributed by atoms with van der Waals surface area (Å²) in [5.41, 5.74) is 2.35. The van der Waals surface area contributed by atoms with Gasteiger partial charge in [0.1, 0.15) is 16.3 Å². The van der Waals surface area contributed by atoms with E-state index in [1.54, 1.807) is 24.3 Å². The average Bonchev–Trinajstić information content (AvgIpc) is 3.35. The number of nitrogens with one attached hydrogen (secondary N) is 2. The molecule has 1 saturated heterocycles. The van der Waals surface area contributed by atoms with Gasteiger partial charge in [0.05, 0.1) is 18.8 Å². The Hall–Kier alpha value is -3.17. The Morgan fingerprint density at radius 3 is 2.52 bits per heavy atom. The van der Waals surface area contributed by atoms with E-state index < -0.39 is 10.0 Å². The first-order valence-corrected chi connectivity index (χ1v) is 12.4. The van der Waals surface area contributed by atoms with E-state index >= 15 is 0 Å². The first-order valence-electron chi connectivity index (χ1n) is 11.0. The van der Waals surface area contributed by atoms with Crippen molar-refractivity contribution in [2.45, 2.75) is 37.1 Å². The van der Waals surface area contributed by atoms with Crippen LogP contribution in [0.2, 0.25) is 0 Å². The quantitative estimate of drug-likeness (QED) is 0.550. The summed E-state index contributed by atoms with van der Waals surface area (Å²) in [6.45, 7) is 2.91. The first-order chi connectivity index (χ1) is 15.9. The zero-order valence-corrected chi connectivity index (χ0v) is 19.6. The van der Waals surface area contributed by atoms with Gasteiger partial charge in [-0.25, -0.2) is 8.42 Å². The number of amides is 1. The molecule has 0 bridgehead atoms. The van der Waals surface area contributed by atoms with E-state index in [-0.39, 0.29) is 22.6 Å². The smallest absolute Gasteiger partial charge is 0.269 e. The van der Waals surface area contributed by atoms with Gasteiger partial charge in [0.15, 0.2) is 0 Å². The number of sulfonamides is 1. The minimum atomic E-state index is -3.70. The van der Waals surface area contributed by atoms with Crippen LogP contribution in [0.1, 0.15) is 48.3 Å². The molecule has 1 aliphatic rings. The number of aromatic amines is 1. The fourth-order valence-corrected chi connectivity index (χ4v) is 5.67. The lowest BCUT2D eigenvalue weighted by Crippen LogP contribution is -2.35. The Bertz CT molecular complexity index is 1220. The van der Waals surface area contributed by atoms with Gasteiger partial charge in [0, 0.05) is 18.7 Å². The fourth-order valence-electron chi connectivity index (χ4n) is 3.97. The summed E-state index contributed by atoms with van der Waals surface area (Å²) in [6, 6.07) is 16.0. The van der Waals surface area contributed by atoms with E-state index in [9.17, 15) is 13.2 Å². The van der Waals surface area contributed by atoms with Crippen LogP contribution in [0.5, 0.6) is 5.75 Å². The molecule has 9 heteroatoms. The zero-order chi connectivity index (χ0) is 23.4. The molecule has 1 aliphatic heterocycles. The monoisotopic (exact) mass is 468 g/mol. The van der Waals surface area contributed by atoms with Gasteiger partial charge in [-0.1, -0.05) is 36.8 Å². The number of rotatable bonds is 7. The van der Waals surface area contributed by atoms with Crippen molar-refractivity contribution in [2.75, 3.05) is 20.2 Å². The molecular formula is C24H28N4O4S. The van der Waals surface area contributed by atoms with Crippen molar-refractivity contribution in [3.63, 3.8) is 0 Å². The van der Waals surface area contributed by atoms with E-state index in [4.69, 9.17) is 4.74 Å². The Labute approximate surface area is 194 Å². The van der Waals surface area contributed by atoms with Crippen molar-refractivity contribution < 1.29 is 17.9 Å². The minimum Gasteiger partial charge on any atom is -0.495 e. The molecule has 0 unspecified atom stereocenters. The molecular weight excluding hydrogens is 440 g/mol. The van der Waals surface area contributed by atoms with E-state index in [1.807, 2.05) is 37.3 Å². The zero-order valence-electron chi connectivity index (χ0n) is 18.7. The van der Waals surface area contributed by atoms with E-state index in [0.717, 1.165) is 24.8 Å². The van der Waals surface area contributed by atoms with Gasteiger partial charge in [0.2, 0.25) is 10.0 Å². The molecule has 1 fully saturated rings. The van der Waals surface area contributed by atoms with Crippen molar-refractivity contribution in [3.8, 4) is 17.0 Å². The Morgan fingerprint density at radius 2 is 1.82 bits per heavy atom. The molecule has 8 nitrogen and oxygen atoms in total. The van der Waals surface area contributed by atoms with Crippen molar-refractivity contribution in [2.24, 2.45) is 0 Å². The van der Waals surface area contributed by atoms with Gasteiger partial charge >= 0.3 is 0 Å². The molecule has 33 heavy (non-hydrogen) atoms. The molecule has 2 heterocycles. The van der Waals surface area contributed by atoms with Crippen LogP contribution < -0.4 is 10.1 Å². The van der Waals surface area contributed by atoms with Crippen LogP contribution in [0, 0.1) is 0 Å². The second kappa shape index (κ2) is 9.76. The van der Waals surface area contributed by atoms with E-state index in [2.05, 4.69) is 15.5 Å². The highest BCUT2D eigenvalue weighted by molar-refractivity contribution is 7.89. The number of hydrogen-bond donors (Lipinski definition) is 2. The third kappa shape index (κ3) is 4.94. The third-order valence-electron chi connectivity index (χ3n) is 5.86. The summed E-state index contributed by atoms with van der Waals surface area (Å²) >= 11 is 0. The van der Waals surface area contributed by atoms with Gasteiger partial charge in [-0.3, -0.25) is 9.89 Å². The van der Waals surface area contributed by atoms with Crippen LogP contribution in [-0.2, 0) is 10.0 Å². The van der Waals surface area contributed by atoms with Crippen LogP contribution in [0.25, 0.3) is 11.3 Å². The van der Waals surface area contributed by atoms with Crippen molar-refractivity contribution in [1.29, 1.82) is 0 Å². The topological polar surface area (TPSA) is 104 Å². The third-order valence-corrected chi connectivity index (χ3v) is 7.78. The molecule has 2 N–H and O–H groups in total. The Balaban J connectivity index is 1.58. The molecule has 1 amide bonds. The number of nitrogens with zero attached hydrogens (tertiary/aromatic N) is 2. The number of ether oxygens (including phenoxy) is 1. The molecule has 0 aliphatic carbocycles. The second-order valence-electron chi connectivity index (χ2n) is 8.10. The number of benzene rings is 2. The molecule has 0 saturated carbocycles. The molecule has 2 aromatic carbocycles. The standard InChI is InChI=1S/C24H28N4O4S/c1-17(18-9-5-3-6-10-18)25-24(29)21-16-20(26-27-21)19-11-12-22(32-2)23(15-19)33(30,31)28-13-7-4-8-14-28/h3,5-6,9-12,15-17H,4,7-8,13-14H2,1-2H3,(H,25,29)(H,26,27)/t17-/m1/s1. The highest BCUT2D eigenvalue weighted by Crippen LogP contribution is 2.32. The summed E-state index contributed by atoms with van der Waals surface area (Å²) in [4.78, 5) is 12.8. The summed E-state index contributed by atoms with van der Waals surface area (Å²) in [7, 11) is -2.25. The second-order valence-corrected chi connectivity index (χ2v) is 10.0. The van der Waals surface area contributed by atoms with Gasteiger partial charge in [0.25, 0.3) is 5.91 Å². The molecule has 1 aromatic heterocycles. The number of H-pyrrole nitrogens is 1. The van der Waals surface area contributed by atoms with Gasteiger partial charge < -0.3 is 10.1 Å². The van der Waals surface area contributed by atoms with E-state index in [1.165, 1.54) is 11.4 Å². The predicted molar refractivity (Wildman–Crippen MR) is 126 cm³/mol. The van der Waals surface area contributed by atoms with Crippen LogP contribution >= 0.6 is 0 Å². The number of methoxy groups -OCH3 is 1. The predicted octanol–water partition coefficient (Wildman–Crippen LogP) is 3.75. The normalized spacial score (nSPS) is 15.7. The fraction of sp³-hybridized carbons (Fsp3) is 0.333. The van der Waals surface area contributed by atoms with Crippen molar-refractivity contribution in [1.82, 2.24) is 19.8 Å². The van der Waals surface area contributed by atoms with Gasteiger partial charge in [-0.05, 0) is 49.6 Å². The van der Waals surface area contributed by atoms with Gasteiger partial charge in [-0.15, -0.1) is 0 Å². The molecule has 174 valence electrons. The van der Waals surface area contributed by atoms with E-state index in [0.29, 0.717) is 30.0 Å². The SMILES string of the molecule is COc1ccc(-c2cc(C(=O)N[C@H](C)c3ccccc3)[nH]n2)cc1S(=O)(=O)N1CCCCC1. The molecule has 1 atom stereocenters. The lowest BCUT2D eigenvalue weighted by molar-refractivity contribution is 0.0935. The first kappa shape index (κ1) is 23.0. The van der Waals surface area contributed by atoms with Gasteiger partial charge in [-0.2, -0.15) is 9.40 Å². The molecule has 3 aromatic rings. The summed E-state index contributed by atoms with van der Waals surface area (Å²) < 4.78 is 33.4. The molecule has 0 spiro atoms. The van der Waals surface area contributed by atoms with Crippen LogP contribution in [0.15, 0.2) is 59.5 Å². The van der Waals surface area contributed by atoms with Crippen molar-refractivity contribution in [3.05, 3.63) is 65.9 Å². The highest BCUT2D eigenvalue weighted by Gasteiger charge is 2.29. The molecule has 4 rings (SSSR count). The highest BCUT2D eigenvalue weighted by atomic mass is 32.2. The Kier molecular flexibility index (Phi) is 6.80. The summed E-state index contributed by atoms with van der Waals surface area (Å²) in [5, 5.41) is 9.94. The summed E-state index contributed by atoms with van der Waals surface area (Å²) in [5.74, 6) is -0.00529. The van der Waals surface area contributed by atoms with Crippen molar-refractivity contribution >= 4 is 15.9 Å². The lowest BCUT2D eigenvalue weighted by atomic mass is 10.1. The van der Waals surface area contributed by atoms with Crippen LogP contribution in [0.4, 0.5) is 0 Å².